The van der Waals surface area contributed by atoms with Crippen LogP contribution >= 0.6 is 0 Å². The first kappa shape index (κ1) is 34.6. The summed E-state index contributed by atoms with van der Waals surface area (Å²) in [5.41, 5.74) is 2.05. The van der Waals surface area contributed by atoms with Gasteiger partial charge in [0.2, 0.25) is 0 Å². The van der Waals surface area contributed by atoms with E-state index in [9.17, 15) is 8.78 Å². The predicted molar refractivity (Wildman–Crippen MR) is 194 cm³/mol. The number of ether oxygens (including phenoxy) is 3. The highest BCUT2D eigenvalue weighted by molar-refractivity contribution is 5.43. The molecule has 0 N–H and O–H groups in total. The van der Waals surface area contributed by atoms with Crippen LogP contribution in [-0.2, 0) is 4.74 Å². The molecule has 4 aliphatic rings. The summed E-state index contributed by atoms with van der Waals surface area (Å²) in [5, 5.41) is 0. The van der Waals surface area contributed by atoms with Crippen LogP contribution < -0.4 is 9.47 Å². The summed E-state index contributed by atoms with van der Waals surface area (Å²) >= 11 is 0. The Bertz CT molecular complexity index is 1430. The lowest BCUT2D eigenvalue weighted by molar-refractivity contribution is 0.0951. The van der Waals surface area contributed by atoms with Crippen molar-refractivity contribution in [2.24, 2.45) is 23.7 Å². The molecule has 0 amide bonds. The van der Waals surface area contributed by atoms with Gasteiger partial charge in [0.05, 0.1) is 12.2 Å². The highest BCUT2D eigenvalue weighted by Crippen LogP contribution is 2.40. The molecular formula is C44H48F2O3. The van der Waals surface area contributed by atoms with Crippen molar-refractivity contribution in [3.05, 3.63) is 157 Å². The molecule has 3 nitrogen and oxygen atoms in total. The maximum Gasteiger partial charge on any atom is 0.126 e. The largest absolute Gasteiger partial charge is 0.461 e. The fourth-order valence-electron chi connectivity index (χ4n) is 7.50. The average molecular weight is 663 g/mol. The van der Waals surface area contributed by atoms with Crippen LogP contribution in [0.15, 0.2) is 157 Å². The van der Waals surface area contributed by atoms with Crippen molar-refractivity contribution in [2.75, 3.05) is 0 Å². The minimum atomic E-state index is -0.954. The van der Waals surface area contributed by atoms with Crippen LogP contribution in [0, 0.1) is 23.7 Å². The lowest BCUT2D eigenvalue weighted by Crippen LogP contribution is -2.25. The van der Waals surface area contributed by atoms with Gasteiger partial charge in [0.25, 0.3) is 0 Å². The van der Waals surface area contributed by atoms with Crippen LogP contribution in [0.25, 0.3) is 0 Å². The maximum absolute atomic E-state index is 14.3. The van der Waals surface area contributed by atoms with Gasteiger partial charge in [-0.2, -0.15) is 0 Å². The van der Waals surface area contributed by atoms with Gasteiger partial charge in [-0.1, -0.05) is 97.2 Å². The Kier molecular flexibility index (Phi) is 12.0. The summed E-state index contributed by atoms with van der Waals surface area (Å²) in [6.45, 7) is 7.31. The van der Waals surface area contributed by atoms with E-state index in [4.69, 9.17) is 14.2 Å². The van der Waals surface area contributed by atoms with E-state index in [1.165, 1.54) is 12.2 Å². The Morgan fingerprint density at radius 1 is 0.551 bits per heavy atom. The fourth-order valence-corrected chi connectivity index (χ4v) is 7.50. The van der Waals surface area contributed by atoms with Crippen molar-refractivity contribution in [3.8, 4) is 11.5 Å². The number of hydrogen-bond donors (Lipinski definition) is 0. The average Bonchev–Trinajstić information content (AvgIpc) is 3.17. The SMILES string of the molecule is C=CC(F)C1CCC(C(Oc2ccccc2)=C2C=CC(OC3C=CC(=C(Oc4ccccc4)C4CCC(C(F)C=C)CC4)C=C3)C=C2)CC1. The van der Waals surface area contributed by atoms with Crippen molar-refractivity contribution in [1.82, 2.24) is 0 Å². The minimum absolute atomic E-state index is 0.0291. The number of hydrogen-bond acceptors (Lipinski definition) is 3. The van der Waals surface area contributed by atoms with Gasteiger partial charge >= 0.3 is 0 Å². The van der Waals surface area contributed by atoms with Gasteiger partial charge in [-0.05, 0) is 87.5 Å². The zero-order chi connectivity index (χ0) is 34.0. The van der Waals surface area contributed by atoms with Crippen LogP contribution in [-0.4, -0.2) is 24.6 Å². The summed E-state index contributed by atoms with van der Waals surface area (Å²) in [7, 11) is 0. The van der Waals surface area contributed by atoms with Gasteiger partial charge in [0, 0.05) is 23.0 Å². The third-order valence-corrected chi connectivity index (χ3v) is 10.3. The first-order chi connectivity index (χ1) is 24.0. The molecule has 2 aromatic rings. The smallest absolute Gasteiger partial charge is 0.126 e. The number of benzene rings is 2. The predicted octanol–water partition coefficient (Wildman–Crippen LogP) is 11.3. The van der Waals surface area contributed by atoms with E-state index in [1.807, 2.05) is 60.7 Å². The van der Waals surface area contributed by atoms with E-state index in [0.29, 0.717) is 0 Å². The lowest BCUT2D eigenvalue weighted by atomic mass is 9.78. The number of rotatable bonds is 12. The van der Waals surface area contributed by atoms with E-state index in [2.05, 4.69) is 61.8 Å². The first-order valence-corrected chi connectivity index (χ1v) is 17.9. The minimum Gasteiger partial charge on any atom is -0.461 e. The molecule has 49 heavy (non-hydrogen) atoms. The third kappa shape index (κ3) is 9.07. The molecule has 2 aromatic carbocycles. The van der Waals surface area contributed by atoms with Gasteiger partial charge in [-0.3, -0.25) is 0 Å². The van der Waals surface area contributed by atoms with E-state index in [-0.39, 0.29) is 35.9 Å². The molecule has 2 fully saturated rings. The van der Waals surface area contributed by atoms with Gasteiger partial charge in [0.15, 0.2) is 0 Å². The van der Waals surface area contributed by atoms with Gasteiger partial charge in [-0.15, -0.1) is 13.2 Å². The van der Waals surface area contributed by atoms with E-state index in [1.54, 1.807) is 0 Å². The van der Waals surface area contributed by atoms with E-state index >= 15 is 0 Å². The monoisotopic (exact) mass is 662 g/mol. The second-order valence-electron chi connectivity index (χ2n) is 13.6. The molecule has 0 heterocycles. The molecule has 5 heteroatoms. The molecule has 2 unspecified atom stereocenters. The molecule has 0 spiro atoms. The first-order valence-electron chi connectivity index (χ1n) is 17.9. The van der Waals surface area contributed by atoms with E-state index < -0.39 is 12.3 Å². The third-order valence-electron chi connectivity index (χ3n) is 10.3. The van der Waals surface area contributed by atoms with Crippen LogP contribution in [0.4, 0.5) is 8.78 Å². The van der Waals surface area contributed by atoms with Crippen molar-refractivity contribution in [1.29, 1.82) is 0 Å². The quantitative estimate of drug-likeness (QED) is 0.167. The Morgan fingerprint density at radius 2 is 0.898 bits per heavy atom. The Labute approximate surface area is 290 Å². The molecule has 2 atom stereocenters. The van der Waals surface area contributed by atoms with Gasteiger partial charge in [-0.25, -0.2) is 8.78 Å². The van der Waals surface area contributed by atoms with Crippen molar-refractivity contribution < 1.29 is 23.0 Å². The van der Waals surface area contributed by atoms with Gasteiger partial charge < -0.3 is 14.2 Å². The number of halogens is 2. The number of allylic oxidation sites excluding steroid dienone is 10. The Morgan fingerprint density at radius 3 is 1.22 bits per heavy atom. The summed E-state index contributed by atoms with van der Waals surface area (Å²) in [6, 6.07) is 19.7. The molecule has 0 saturated heterocycles. The highest BCUT2D eigenvalue weighted by atomic mass is 19.1. The zero-order valence-corrected chi connectivity index (χ0v) is 28.2. The van der Waals surface area contributed by atoms with Crippen LogP contribution in [0.3, 0.4) is 0 Å². The van der Waals surface area contributed by atoms with E-state index in [0.717, 1.165) is 85.5 Å². The van der Waals surface area contributed by atoms with Gasteiger partial charge in [0.1, 0.15) is 35.4 Å². The lowest BCUT2D eigenvalue weighted by Gasteiger charge is -2.32. The second kappa shape index (κ2) is 16.9. The molecule has 4 aliphatic carbocycles. The fraction of sp³-hybridized carbons (Fsp3) is 0.364. The molecule has 0 bridgehead atoms. The molecule has 6 rings (SSSR count). The second-order valence-corrected chi connectivity index (χ2v) is 13.6. The van der Waals surface area contributed by atoms with Crippen molar-refractivity contribution >= 4 is 0 Å². The Balaban J connectivity index is 1.13. The number of para-hydroxylation sites is 2. The molecule has 256 valence electrons. The summed E-state index contributed by atoms with van der Waals surface area (Å²) in [5.74, 6) is 3.96. The maximum atomic E-state index is 14.3. The van der Waals surface area contributed by atoms with Crippen molar-refractivity contribution in [2.45, 2.75) is 75.9 Å². The molecule has 0 aromatic heterocycles. The molecular weight excluding hydrogens is 614 g/mol. The van der Waals surface area contributed by atoms with Crippen LogP contribution in [0.1, 0.15) is 51.4 Å². The molecule has 2 saturated carbocycles. The number of alkyl halides is 2. The summed E-state index contributed by atoms with van der Waals surface area (Å²) in [4.78, 5) is 0. The molecule has 0 aliphatic heterocycles. The zero-order valence-electron chi connectivity index (χ0n) is 28.2. The normalized spacial score (nSPS) is 27.6. The van der Waals surface area contributed by atoms with Crippen molar-refractivity contribution in [3.63, 3.8) is 0 Å². The summed E-state index contributed by atoms with van der Waals surface area (Å²) < 4.78 is 48.1. The van der Waals surface area contributed by atoms with Crippen LogP contribution in [0.5, 0.6) is 11.5 Å². The highest BCUT2D eigenvalue weighted by Gasteiger charge is 2.32. The topological polar surface area (TPSA) is 27.7 Å². The Hall–Kier alpha value is -4.22. The molecule has 0 radical (unpaired) electrons. The standard InChI is InChI=1S/C44H48F2O3/c1-3-41(45)31-15-19-33(20-16-31)43(48-37-11-7-5-8-12-37)35-23-27-39(28-24-35)47-40-29-25-36(26-30-40)44(49-38-13-9-6-10-14-38)34-21-17-32(18-22-34)42(46)4-2/h3-14,23-34,39-42H,1-2,15-22H2. The van der Waals surface area contributed by atoms with Crippen LogP contribution in [0.2, 0.25) is 0 Å². The summed E-state index contributed by atoms with van der Waals surface area (Å²) in [6.07, 6.45) is 24.0.